The summed E-state index contributed by atoms with van der Waals surface area (Å²) in [5.74, 6) is -0.222. The summed E-state index contributed by atoms with van der Waals surface area (Å²) in [6.07, 6.45) is 4.65. The van der Waals surface area contributed by atoms with E-state index in [2.05, 4.69) is 9.82 Å². The van der Waals surface area contributed by atoms with Gasteiger partial charge in [-0.15, -0.1) is 5.10 Å². The Morgan fingerprint density at radius 2 is 2.03 bits per heavy atom. The number of nitrogens with zero attached hydrogens (tertiary/aromatic N) is 2. The monoisotopic (exact) mass is 529 g/mol. The molecule has 1 aromatic carbocycles. The lowest BCUT2D eigenvalue weighted by atomic mass is 10.2. The zero-order valence-corrected chi connectivity index (χ0v) is 21.5. The number of rotatable bonds is 10. The molecule has 1 aliphatic heterocycles. The Morgan fingerprint density at radius 3 is 2.71 bits per heavy atom. The summed E-state index contributed by atoms with van der Waals surface area (Å²) in [6.45, 7) is 5.41. The van der Waals surface area contributed by atoms with E-state index in [-0.39, 0.29) is 17.8 Å². The fourth-order valence-electron chi connectivity index (χ4n) is 3.29. The van der Waals surface area contributed by atoms with Gasteiger partial charge in [0.2, 0.25) is 15.9 Å². The molecule has 34 heavy (non-hydrogen) atoms. The van der Waals surface area contributed by atoms with Gasteiger partial charge in [-0.1, -0.05) is 43.1 Å². The van der Waals surface area contributed by atoms with Crippen LogP contribution in [0.15, 0.2) is 30.3 Å². The number of ether oxygens (including phenoxy) is 2. The van der Waals surface area contributed by atoms with Gasteiger partial charge in [0, 0.05) is 35.0 Å². The summed E-state index contributed by atoms with van der Waals surface area (Å²) in [7, 11) is -3.70. The summed E-state index contributed by atoms with van der Waals surface area (Å²) in [6, 6.07) is 6.88. The van der Waals surface area contributed by atoms with Crippen molar-refractivity contribution in [1.29, 1.82) is 0 Å². The second kappa shape index (κ2) is 12.1. The number of carbonyl (C=O) groups is 1. The Kier molecular flexibility index (Phi) is 9.41. The number of carbonyl (C=O) groups excluding carboxylic acids is 1. The molecule has 0 unspecified atom stereocenters. The molecule has 2 aromatic rings. The Morgan fingerprint density at radius 1 is 1.29 bits per heavy atom. The molecule has 8 nitrogen and oxygen atoms in total. The Balaban J connectivity index is 1.78. The molecule has 0 aliphatic carbocycles. The van der Waals surface area contributed by atoms with Crippen LogP contribution in [-0.4, -0.2) is 49.2 Å². The average Bonchev–Trinajstić information content (AvgIpc) is 3.14. The predicted octanol–water partition coefficient (Wildman–Crippen LogP) is 4.30. The maximum Gasteiger partial charge on any atom is 0.257 e. The minimum Gasteiger partial charge on any atom is -0.473 e. The lowest BCUT2D eigenvalue weighted by molar-refractivity contribution is -0.114. The lowest BCUT2D eigenvalue weighted by Crippen LogP contribution is -2.31. The van der Waals surface area contributed by atoms with Crippen LogP contribution in [0.5, 0.6) is 5.88 Å². The maximum absolute atomic E-state index is 12.3. The van der Waals surface area contributed by atoms with Crippen molar-refractivity contribution in [3.63, 3.8) is 0 Å². The van der Waals surface area contributed by atoms with Crippen molar-refractivity contribution in [2.24, 2.45) is 5.92 Å². The Bertz CT molecular complexity index is 1130. The average molecular weight is 530 g/mol. The minimum absolute atomic E-state index is 0.0116. The third kappa shape index (κ3) is 8.30. The van der Waals surface area contributed by atoms with Gasteiger partial charge in [-0.25, -0.2) is 13.1 Å². The summed E-state index contributed by atoms with van der Waals surface area (Å²) < 4.78 is 39.3. The number of aromatic nitrogens is 2. The molecular weight excluding hydrogens is 501 g/mol. The van der Waals surface area contributed by atoms with Crippen LogP contribution >= 0.6 is 23.2 Å². The largest absolute Gasteiger partial charge is 0.473 e. The maximum atomic E-state index is 12.3. The summed E-state index contributed by atoms with van der Waals surface area (Å²) >= 11 is 12.3. The smallest absolute Gasteiger partial charge is 0.257 e. The standard InChI is InChI=1S/C23H29Cl2N3O5S/c1-16(2)9-12-34(30,31)27-22(29)6-5-19-14-23(33-20-7-10-32-11-8-20)26-28(19)15-17-3-4-18(24)13-21(17)25/h3-6,13-14,16,20H,7-12,15H2,1-2H3,(H,27,29). The fourth-order valence-corrected chi connectivity index (χ4v) is 5.02. The first-order valence-corrected chi connectivity index (χ1v) is 13.5. The highest BCUT2D eigenvalue weighted by atomic mass is 35.5. The number of amides is 1. The Labute approximate surface area is 210 Å². The molecule has 1 fully saturated rings. The third-order valence-corrected chi connectivity index (χ3v) is 7.08. The molecule has 0 saturated carbocycles. The van der Waals surface area contributed by atoms with E-state index < -0.39 is 15.9 Å². The van der Waals surface area contributed by atoms with Crippen LogP contribution in [0.1, 0.15) is 44.4 Å². The number of benzene rings is 1. The fraction of sp³-hybridized carbons (Fsp3) is 0.478. The highest BCUT2D eigenvalue weighted by molar-refractivity contribution is 7.90. The molecule has 1 aromatic heterocycles. The third-order valence-electron chi connectivity index (χ3n) is 5.21. The highest BCUT2D eigenvalue weighted by Gasteiger charge is 2.19. The Hall–Kier alpha value is -2.07. The molecule has 11 heteroatoms. The van der Waals surface area contributed by atoms with Gasteiger partial charge >= 0.3 is 0 Å². The van der Waals surface area contributed by atoms with Crippen LogP contribution in [0.4, 0.5) is 0 Å². The van der Waals surface area contributed by atoms with Crippen LogP contribution in [0, 0.1) is 5.92 Å². The zero-order chi connectivity index (χ0) is 24.7. The SMILES string of the molecule is CC(C)CCS(=O)(=O)NC(=O)C=Cc1cc(OC2CCOCC2)nn1Cc1ccc(Cl)cc1Cl. The van der Waals surface area contributed by atoms with Crippen molar-refractivity contribution >= 4 is 45.2 Å². The molecule has 0 bridgehead atoms. The molecule has 3 rings (SSSR count). The van der Waals surface area contributed by atoms with Gasteiger partial charge in [-0.05, 0) is 36.1 Å². The lowest BCUT2D eigenvalue weighted by Gasteiger charge is -2.21. The van der Waals surface area contributed by atoms with Crippen molar-refractivity contribution < 1.29 is 22.7 Å². The molecular formula is C23H29Cl2N3O5S. The molecule has 2 heterocycles. The first-order valence-electron chi connectivity index (χ1n) is 11.1. The van der Waals surface area contributed by atoms with E-state index in [9.17, 15) is 13.2 Å². The van der Waals surface area contributed by atoms with Gasteiger partial charge in [0.25, 0.3) is 5.91 Å². The van der Waals surface area contributed by atoms with E-state index in [4.69, 9.17) is 32.7 Å². The van der Waals surface area contributed by atoms with Gasteiger partial charge in [-0.2, -0.15) is 0 Å². The van der Waals surface area contributed by atoms with E-state index in [1.54, 1.807) is 28.9 Å². The number of nitrogens with one attached hydrogen (secondary N) is 1. The topological polar surface area (TPSA) is 99.5 Å². The van der Waals surface area contributed by atoms with E-state index in [0.717, 1.165) is 18.4 Å². The molecule has 0 atom stereocenters. The minimum atomic E-state index is -3.70. The molecule has 1 amide bonds. The number of hydrogen-bond donors (Lipinski definition) is 1. The van der Waals surface area contributed by atoms with Crippen LogP contribution in [0.3, 0.4) is 0 Å². The van der Waals surface area contributed by atoms with E-state index in [1.807, 2.05) is 13.8 Å². The highest BCUT2D eigenvalue weighted by Crippen LogP contribution is 2.24. The molecule has 1 saturated heterocycles. The summed E-state index contributed by atoms with van der Waals surface area (Å²) in [5, 5.41) is 5.53. The summed E-state index contributed by atoms with van der Waals surface area (Å²) in [4.78, 5) is 12.3. The van der Waals surface area contributed by atoms with Crippen molar-refractivity contribution in [2.75, 3.05) is 19.0 Å². The normalized spacial score (nSPS) is 15.2. The van der Waals surface area contributed by atoms with Gasteiger partial charge in [0.1, 0.15) is 6.10 Å². The first kappa shape index (κ1) is 26.5. The van der Waals surface area contributed by atoms with Crippen LogP contribution in [-0.2, 0) is 26.1 Å². The van der Waals surface area contributed by atoms with Crippen molar-refractivity contribution in [3.8, 4) is 5.88 Å². The van der Waals surface area contributed by atoms with Gasteiger partial charge in [-0.3, -0.25) is 9.48 Å². The van der Waals surface area contributed by atoms with Crippen LogP contribution in [0.2, 0.25) is 10.0 Å². The van der Waals surface area contributed by atoms with Gasteiger partial charge < -0.3 is 9.47 Å². The van der Waals surface area contributed by atoms with Crippen LogP contribution in [0.25, 0.3) is 6.08 Å². The van der Waals surface area contributed by atoms with E-state index in [1.165, 1.54) is 12.2 Å². The van der Waals surface area contributed by atoms with Crippen molar-refractivity contribution in [2.45, 2.75) is 45.8 Å². The summed E-state index contributed by atoms with van der Waals surface area (Å²) in [5.41, 5.74) is 1.34. The number of sulfonamides is 1. The molecule has 0 spiro atoms. The van der Waals surface area contributed by atoms with Crippen LogP contribution < -0.4 is 9.46 Å². The molecule has 1 aliphatic rings. The van der Waals surface area contributed by atoms with E-state index in [0.29, 0.717) is 47.8 Å². The van der Waals surface area contributed by atoms with Crippen molar-refractivity contribution in [1.82, 2.24) is 14.5 Å². The number of halogens is 2. The first-order chi connectivity index (χ1) is 16.1. The molecule has 0 radical (unpaired) electrons. The van der Waals surface area contributed by atoms with Crippen molar-refractivity contribution in [3.05, 3.63) is 51.6 Å². The predicted molar refractivity (Wildman–Crippen MR) is 133 cm³/mol. The quantitative estimate of drug-likeness (QED) is 0.460. The molecule has 1 N–H and O–H groups in total. The second-order valence-corrected chi connectivity index (χ2v) is 11.2. The van der Waals surface area contributed by atoms with Gasteiger partial charge in [0.15, 0.2) is 0 Å². The van der Waals surface area contributed by atoms with Gasteiger partial charge in [0.05, 0.1) is 31.2 Å². The molecule has 186 valence electrons. The zero-order valence-electron chi connectivity index (χ0n) is 19.2. The number of hydrogen-bond acceptors (Lipinski definition) is 6. The van der Waals surface area contributed by atoms with E-state index >= 15 is 0 Å². The second-order valence-electron chi connectivity index (χ2n) is 8.53.